The molecular formula is C28H31ClN6O3. The van der Waals surface area contributed by atoms with Gasteiger partial charge in [0.15, 0.2) is 0 Å². The van der Waals surface area contributed by atoms with Crippen molar-refractivity contribution in [2.24, 2.45) is 5.92 Å². The van der Waals surface area contributed by atoms with Crippen molar-refractivity contribution in [2.45, 2.75) is 59.0 Å². The summed E-state index contributed by atoms with van der Waals surface area (Å²) >= 11 is 5.91. The maximum absolute atomic E-state index is 13.3. The molecule has 38 heavy (non-hydrogen) atoms. The van der Waals surface area contributed by atoms with Gasteiger partial charge < -0.3 is 4.98 Å². The predicted molar refractivity (Wildman–Crippen MR) is 149 cm³/mol. The minimum absolute atomic E-state index is 0.180. The van der Waals surface area contributed by atoms with Crippen LogP contribution in [0.1, 0.15) is 56.3 Å². The smallest absolute Gasteiger partial charge is 0.331 e. The number of aryl methyl sites for hydroxylation is 1. The number of nitrogens with zero attached hydrogens (tertiary/aromatic N) is 5. The number of aromatic nitrogens is 5. The van der Waals surface area contributed by atoms with Gasteiger partial charge in [-0.25, -0.2) is 14.8 Å². The van der Waals surface area contributed by atoms with Crippen LogP contribution in [0.3, 0.4) is 0 Å². The van der Waals surface area contributed by atoms with Crippen LogP contribution in [-0.4, -0.2) is 36.5 Å². The lowest BCUT2D eigenvalue weighted by Crippen LogP contribution is -2.39. The molecule has 1 saturated carbocycles. The Bertz CT molecular complexity index is 1570. The van der Waals surface area contributed by atoms with Crippen molar-refractivity contribution in [3.8, 4) is 11.3 Å². The number of halogens is 1. The summed E-state index contributed by atoms with van der Waals surface area (Å²) in [7, 11) is 0. The molecule has 0 spiro atoms. The molecule has 0 radical (unpaired) electrons. The third kappa shape index (κ3) is 5.15. The Labute approximate surface area is 225 Å². The van der Waals surface area contributed by atoms with Gasteiger partial charge >= 0.3 is 5.69 Å². The molecule has 5 rings (SSSR count). The minimum atomic E-state index is -0.316. The van der Waals surface area contributed by atoms with Crippen molar-refractivity contribution in [1.82, 2.24) is 24.1 Å². The molecule has 1 N–H and O–H groups in total. The number of carbonyl (C=O) groups is 1. The molecule has 4 aromatic rings. The Morgan fingerprint density at radius 2 is 1.82 bits per heavy atom. The van der Waals surface area contributed by atoms with E-state index in [1.807, 2.05) is 32.0 Å². The predicted octanol–water partition coefficient (Wildman–Crippen LogP) is 4.87. The number of H-pyrrole nitrogens is 1. The molecule has 198 valence electrons. The molecule has 0 aliphatic heterocycles. The van der Waals surface area contributed by atoms with Crippen LogP contribution in [0.2, 0.25) is 5.15 Å². The molecule has 4 aromatic heterocycles. The molecule has 0 unspecified atom stereocenters. The van der Waals surface area contributed by atoms with Gasteiger partial charge in [-0.3, -0.25) is 23.6 Å². The average Bonchev–Trinajstić information content (AvgIpc) is 3.65. The molecule has 1 fully saturated rings. The van der Waals surface area contributed by atoms with Crippen molar-refractivity contribution in [3.05, 3.63) is 74.3 Å². The van der Waals surface area contributed by atoms with E-state index in [1.165, 1.54) is 23.6 Å². The molecule has 9 nitrogen and oxygen atoms in total. The van der Waals surface area contributed by atoms with Crippen LogP contribution in [0.4, 0.5) is 5.82 Å². The summed E-state index contributed by atoms with van der Waals surface area (Å²) in [6.07, 6.45) is 7.93. The fraction of sp³-hybridized carbons (Fsp3) is 0.393. The molecule has 10 heteroatoms. The normalized spacial score (nSPS) is 13.2. The highest BCUT2D eigenvalue weighted by Crippen LogP contribution is 2.33. The van der Waals surface area contributed by atoms with Gasteiger partial charge in [-0.05, 0) is 55.5 Å². The van der Waals surface area contributed by atoms with Crippen molar-refractivity contribution in [2.75, 3.05) is 11.4 Å². The summed E-state index contributed by atoms with van der Waals surface area (Å²) in [5.41, 5.74) is 2.28. The maximum atomic E-state index is 13.3. The molecule has 1 aliphatic rings. The Hall–Kier alpha value is -3.72. The number of fused-ring (bicyclic) bond motifs is 1. The topological polar surface area (TPSA) is 106 Å². The van der Waals surface area contributed by atoms with E-state index in [9.17, 15) is 14.4 Å². The van der Waals surface area contributed by atoms with E-state index < -0.39 is 0 Å². The highest BCUT2D eigenvalue weighted by molar-refractivity contribution is 6.29. The minimum Gasteiger partial charge on any atom is -0.349 e. The molecule has 0 atom stereocenters. The zero-order chi connectivity index (χ0) is 26.8. The van der Waals surface area contributed by atoms with Crippen molar-refractivity contribution in [3.63, 3.8) is 0 Å². The first-order valence-electron chi connectivity index (χ1n) is 13.2. The van der Waals surface area contributed by atoms with E-state index >= 15 is 0 Å². The summed E-state index contributed by atoms with van der Waals surface area (Å²) < 4.78 is 2.96. The number of nitrogens with one attached hydrogen (secondary N) is 1. The summed E-state index contributed by atoms with van der Waals surface area (Å²) in [6.45, 7) is 5.39. The van der Waals surface area contributed by atoms with Gasteiger partial charge in [0.2, 0.25) is 0 Å². The van der Waals surface area contributed by atoms with Crippen molar-refractivity contribution >= 4 is 34.4 Å². The number of carbonyl (C=O) groups excluding carboxylic acids is 1. The lowest BCUT2D eigenvalue weighted by atomic mass is 10.2. The Kier molecular flexibility index (Phi) is 7.46. The first-order chi connectivity index (χ1) is 18.4. The number of anilines is 1. The zero-order valence-electron chi connectivity index (χ0n) is 21.6. The van der Waals surface area contributed by atoms with Gasteiger partial charge in [0, 0.05) is 43.3 Å². The first-order valence-corrected chi connectivity index (χ1v) is 13.5. The summed E-state index contributed by atoms with van der Waals surface area (Å²) in [6, 6.07) is 8.78. The van der Waals surface area contributed by atoms with Gasteiger partial charge in [0.05, 0.1) is 11.1 Å². The average molecular weight is 535 g/mol. The van der Waals surface area contributed by atoms with E-state index in [-0.39, 0.29) is 17.2 Å². The van der Waals surface area contributed by atoms with Crippen molar-refractivity contribution in [1.29, 1.82) is 0 Å². The van der Waals surface area contributed by atoms with E-state index in [0.717, 1.165) is 18.4 Å². The number of pyridine rings is 2. The Balaban J connectivity index is 1.50. The largest absolute Gasteiger partial charge is 0.349 e. The number of hydrogen-bond donors (Lipinski definition) is 1. The van der Waals surface area contributed by atoms with Crippen LogP contribution in [0, 0.1) is 5.92 Å². The van der Waals surface area contributed by atoms with E-state index in [0.29, 0.717) is 65.2 Å². The second-order valence-electron chi connectivity index (χ2n) is 9.80. The molecule has 1 aliphatic carbocycles. The van der Waals surface area contributed by atoms with Gasteiger partial charge in [-0.2, -0.15) is 0 Å². The zero-order valence-corrected chi connectivity index (χ0v) is 22.4. The maximum Gasteiger partial charge on any atom is 0.331 e. The molecule has 0 aromatic carbocycles. The first kappa shape index (κ1) is 25.9. The Morgan fingerprint density at radius 1 is 1.05 bits per heavy atom. The molecule has 0 saturated heterocycles. The number of aromatic amines is 1. The highest BCUT2D eigenvalue weighted by Gasteiger charge is 2.26. The van der Waals surface area contributed by atoms with Crippen LogP contribution in [-0.2, 0) is 13.1 Å². The van der Waals surface area contributed by atoms with Crippen LogP contribution in [0.15, 0.2) is 52.3 Å². The van der Waals surface area contributed by atoms with Gasteiger partial charge in [-0.15, -0.1) is 0 Å². The number of rotatable bonds is 10. The standard InChI is InChI=1S/C28H31ClN6O3/c1-3-12-33-22-15-21(32-25(22)27(37)35(13-4-2)28(33)38)19-8-10-24(31-16-19)34(14-11-18-5-6-18)26(36)20-7-9-23(29)30-17-20/h7-10,15-18,32H,3-6,11-14H2,1-2H3. The lowest BCUT2D eigenvalue weighted by molar-refractivity contribution is 0.0985. The fourth-order valence-corrected chi connectivity index (χ4v) is 4.82. The Morgan fingerprint density at radius 3 is 2.45 bits per heavy atom. The molecule has 0 bridgehead atoms. The number of hydrogen-bond acceptors (Lipinski definition) is 5. The van der Waals surface area contributed by atoms with Gasteiger partial charge in [0.1, 0.15) is 16.5 Å². The van der Waals surface area contributed by atoms with Crippen LogP contribution < -0.4 is 16.1 Å². The van der Waals surface area contributed by atoms with Crippen LogP contribution >= 0.6 is 11.6 Å². The molecule has 4 heterocycles. The number of amides is 1. The molecular weight excluding hydrogens is 504 g/mol. The quantitative estimate of drug-likeness (QED) is 0.292. The SMILES string of the molecule is CCCn1c(=O)c2[nH]c(-c3ccc(N(CCC4CC4)C(=O)c4ccc(Cl)nc4)nc3)cc2n(CCC)c1=O. The van der Waals surface area contributed by atoms with Crippen LogP contribution in [0.5, 0.6) is 0 Å². The van der Waals surface area contributed by atoms with E-state index in [4.69, 9.17) is 11.6 Å². The van der Waals surface area contributed by atoms with Gasteiger partial charge in [0.25, 0.3) is 11.5 Å². The summed E-state index contributed by atoms with van der Waals surface area (Å²) in [5.74, 6) is 1.01. The summed E-state index contributed by atoms with van der Waals surface area (Å²) in [4.78, 5) is 53.0. The molecule has 1 amide bonds. The second kappa shape index (κ2) is 10.9. The monoisotopic (exact) mass is 534 g/mol. The fourth-order valence-electron chi connectivity index (χ4n) is 4.71. The highest BCUT2D eigenvalue weighted by atomic mass is 35.5. The van der Waals surface area contributed by atoms with E-state index in [2.05, 4.69) is 15.0 Å². The third-order valence-corrected chi connectivity index (χ3v) is 7.14. The van der Waals surface area contributed by atoms with Gasteiger partial charge in [-0.1, -0.05) is 38.3 Å². The van der Waals surface area contributed by atoms with E-state index in [1.54, 1.807) is 27.8 Å². The third-order valence-electron chi connectivity index (χ3n) is 6.92. The second-order valence-corrected chi connectivity index (χ2v) is 10.2. The van der Waals surface area contributed by atoms with Crippen molar-refractivity contribution < 1.29 is 4.79 Å². The lowest BCUT2D eigenvalue weighted by Gasteiger charge is -2.22. The van der Waals surface area contributed by atoms with Crippen LogP contribution in [0.25, 0.3) is 22.3 Å². The summed E-state index contributed by atoms with van der Waals surface area (Å²) in [5, 5.41) is 0.331.